The molecule has 0 aliphatic carbocycles. The van der Waals surface area contributed by atoms with Gasteiger partial charge in [-0.25, -0.2) is 0 Å². The third-order valence-corrected chi connectivity index (χ3v) is 5.99. The number of ether oxygens (including phenoxy) is 1. The van der Waals surface area contributed by atoms with Crippen LogP contribution in [0.15, 0.2) is 41.3 Å². The first kappa shape index (κ1) is 18.7. The van der Waals surface area contributed by atoms with Crippen LogP contribution >= 0.6 is 24.0 Å². The van der Waals surface area contributed by atoms with Crippen LogP contribution in [0.3, 0.4) is 0 Å². The Hall–Kier alpha value is -2.64. The molecular formula is C21H18N2O3S2. The highest BCUT2D eigenvalue weighted by Crippen LogP contribution is 2.36. The molecular weight excluding hydrogens is 392 g/mol. The summed E-state index contributed by atoms with van der Waals surface area (Å²) in [6.45, 7) is 4.60. The minimum absolute atomic E-state index is 0.0187. The third kappa shape index (κ3) is 3.55. The number of carbonyl (C=O) groups is 2. The number of nitrogens with one attached hydrogen (secondary N) is 1. The maximum absolute atomic E-state index is 12.6. The molecule has 1 N–H and O–H groups in total. The summed E-state index contributed by atoms with van der Waals surface area (Å²) in [5.74, 6) is 0.369. The second-order valence-corrected chi connectivity index (χ2v) is 8.44. The molecule has 0 atom stereocenters. The Bertz CT molecular complexity index is 1030. The predicted molar refractivity (Wildman–Crippen MR) is 115 cm³/mol. The number of hydrogen-bond donors (Lipinski definition) is 1. The molecule has 2 amide bonds. The quantitative estimate of drug-likeness (QED) is 0.617. The lowest BCUT2D eigenvalue weighted by Gasteiger charge is -2.30. The number of thiocarbonyl (C=S) groups is 1. The lowest BCUT2D eigenvalue weighted by atomic mass is 10.0. The molecule has 2 aromatic carbocycles. The first-order valence-corrected chi connectivity index (χ1v) is 10.0. The van der Waals surface area contributed by atoms with Gasteiger partial charge >= 0.3 is 0 Å². The van der Waals surface area contributed by atoms with E-state index in [9.17, 15) is 9.59 Å². The average molecular weight is 411 g/mol. The largest absolute Gasteiger partial charge is 0.482 e. The Morgan fingerprint density at radius 2 is 1.96 bits per heavy atom. The molecule has 4 rings (SSSR count). The summed E-state index contributed by atoms with van der Waals surface area (Å²) < 4.78 is 6.06. The number of nitrogens with zero attached hydrogens (tertiary/aromatic N) is 1. The van der Waals surface area contributed by atoms with E-state index in [0.29, 0.717) is 27.2 Å². The highest BCUT2D eigenvalue weighted by molar-refractivity contribution is 8.26. The summed E-state index contributed by atoms with van der Waals surface area (Å²) in [7, 11) is 0. The molecule has 2 aromatic rings. The van der Waals surface area contributed by atoms with Crippen molar-refractivity contribution in [3.8, 4) is 5.75 Å². The maximum Gasteiger partial charge on any atom is 0.265 e. The average Bonchev–Trinajstić information content (AvgIpc) is 2.97. The van der Waals surface area contributed by atoms with Crippen LogP contribution in [0.2, 0.25) is 0 Å². The predicted octanol–water partition coefficient (Wildman–Crippen LogP) is 3.72. The highest BCUT2D eigenvalue weighted by atomic mass is 32.2. The SMILES string of the molecule is Cc1cccc(C)c1CN1C(=O)COc2ccc(/C=C3/SC(=S)NC3=O)cc21. The summed E-state index contributed by atoms with van der Waals surface area (Å²) in [6.07, 6.45) is 1.77. The van der Waals surface area contributed by atoms with E-state index in [1.807, 2.05) is 50.2 Å². The number of anilines is 1. The zero-order valence-corrected chi connectivity index (χ0v) is 17.1. The van der Waals surface area contributed by atoms with Gasteiger partial charge in [0.15, 0.2) is 6.61 Å². The van der Waals surface area contributed by atoms with Crippen LogP contribution in [0, 0.1) is 13.8 Å². The van der Waals surface area contributed by atoms with E-state index >= 15 is 0 Å². The molecule has 1 fully saturated rings. The van der Waals surface area contributed by atoms with Crippen LogP contribution < -0.4 is 15.0 Å². The first-order valence-electron chi connectivity index (χ1n) is 8.79. The van der Waals surface area contributed by atoms with E-state index in [4.69, 9.17) is 17.0 Å². The summed E-state index contributed by atoms with van der Waals surface area (Å²) in [5, 5.41) is 2.61. The molecule has 28 heavy (non-hydrogen) atoms. The van der Waals surface area contributed by atoms with E-state index in [1.54, 1.807) is 11.0 Å². The van der Waals surface area contributed by atoms with Gasteiger partial charge in [-0.2, -0.15) is 0 Å². The number of carbonyl (C=O) groups excluding carboxylic acids is 2. The van der Waals surface area contributed by atoms with Gasteiger partial charge in [0.05, 0.1) is 17.1 Å². The zero-order valence-electron chi connectivity index (χ0n) is 15.4. The van der Waals surface area contributed by atoms with Crippen molar-refractivity contribution in [3.63, 3.8) is 0 Å². The van der Waals surface area contributed by atoms with E-state index in [0.717, 1.165) is 22.3 Å². The number of thioether (sulfide) groups is 1. The minimum Gasteiger partial charge on any atom is -0.482 e. The molecule has 0 aromatic heterocycles. The van der Waals surface area contributed by atoms with Gasteiger partial charge in [-0.15, -0.1) is 0 Å². The fraction of sp³-hybridized carbons (Fsp3) is 0.190. The van der Waals surface area contributed by atoms with Crippen LogP contribution in [0.4, 0.5) is 5.69 Å². The Morgan fingerprint density at radius 1 is 1.21 bits per heavy atom. The third-order valence-electron chi connectivity index (χ3n) is 4.83. The Labute approximate surface area is 172 Å². The van der Waals surface area contributed by atoms with Crippen LogP contribution in [-0.4, -0.2) is 22.7 Å². The molecule has 0 spiro atoms. The Balaban J connectivity index is 1.71. The second kappa shape index (κ2) is 7.41. The minimum atomic E-state index is -0.201. The van der Waals surface area contributed by atoms with Crippen molar-refractivity contribution in [3.05, 3.63) is 63.6 Å². The van der Waals surface area contributed by atoms with Gasteiger partial charge in [0.1, 0.15) is 10.1 Å². The smallest absolute Gasteiger partial charge is 0.265 e. The first-order chi connectivity index (χ1) is 13.4. The Morgan fingerprint density at radius 3 is 2.64 bits per heavy atom. The van der Waals surface area contributed by atoms with Crippen LogP contribution in [0.25, 0.3) is 6.08 Å². The molecule has 2 aliphatic rings. The zero-order chi connectivity index (χ0) is 19.8. The van der Waals surface area contributed by atoms with Gasteiger partial charge in [0, 0.05) is 0 Å². The molecule has 0 bridgehead atoms. The number of rotatable bonds is 3. The monoisotopic (exact) mass is 410 g/mol. The van der Waals surface area contributed by atoms with Crippen LogP contribution in [0.1, 0.15) is 22.3 Å². The summed E-state index contributed by atoms with van der Waals surface area (Å²) in [6, 6.07) is 11.7. The lowest BCUT2D eigenvalue weighted by molar-refractivity contribution is -0.121. The van der Waals surface area contributed by atoms with Crippen molar-refractivity contribution >= 4 is 51.9 Å². The molecule has 142 valence electrons. The fourth-order valence-corrected chi connectivity index (χ4v) is 4.36. The fourth-order valence-electron chi connectivity index (χ4n) is 3.31. The molecule has 5 nitrogen and oxygen atoms in total. The number of amides is 2. The van der Waals surface area contributed by atoms with Crippen molar-refractivity contribution in [1.29, 1.82) is 0 Å². The summed E-state index contributed by atoms with van der Waals surface area (Å²) in [4.78, 5) is 26.9. The number of aryl methyl sites for hydroxylation is 2. The highest BCUT2D eigenvalue weighted by Gasteiger charge is 2.27. The van der Waals surface area contributed by atoms with Crippen molar-refractivity contribution in [2.24, 2.45) is 0 Å². The molecule has 0 radical (unpaired) electrons. The van der Waals surface area contributed by atoms with E-state index < -0.39 is 0 Å². The summed E-state index contributed by atoms with van der Waals surface area (Å²) >= 11 is 6.27. The normalized spacial score (nSPS) is 17.6. The number of fused-ring (bicyclic) bond motifs is 1. The van der Waals surface area contributed by atoms with Crippen molar-refractivity contribution in [2.45, 2.75) is 20.4 Å². The van der Waals surface area contributed by atoms with Crippen LogP contribution in [-0.2, 0) is 16.1 Å². The molecule has 2 aliphatic heterocycles. The standard InChI is InChI=1S/C21H18N2O3S2/c1-12-4-3-5-13(2)15(12)10-23-16-8-14(6-7-17(16)26-11-19(23)24)9-18-20(25)22-21(27)28-18/h3-9H,10-11H2,1-2H3,(H,22,25,27)/b18-9+. The van der Waals surface area contributed by atoms with E-state index in [-0.39, 0.29) is 18.4 Å². The van der Waals surface area contributed by atoms with Crippen molar-refractivity contribution in [1.82, 2.24) is 5.32 Å². The van der Waals surface area contributed by atoms with Gasteiger partial charge in [0.25, 0.3) is 11.8 Å². The van der Waals surface area contributed by atoms with Gasteiger partial charge in [-0.3, -0.25) is 9.59 Å². The molecule has 0 saturated carbocycles. The van der Waals surface area contributed by atoms with Gasteiger partial charge in [-0.1, -0.05) is 48.2 Å². The number of hydrogen-bond acceptors (Lipinski definition) is 5. The Kier molecular flexibility index (Phi) is 4.95. The number of benzene rings is 2. The summed E-state index contributed by atoms with van der Waals surface area (Å²) in [5.41, 5.74) is 4.94. The molecule has 2 heterocycles. The van der Waals surface area contributed by atoms with Gasteiger partial charge in [0.2, 0.25) is 0 Å². The van der Waals surface area contributed by atoms with Crippen molar-refractivity contribution in [2.75, 3.05) is 11.5 Å². The maximum atomic E-state index is 12.6. The van der Waals surface area contributed by atoms with Gasteiger partial charge < -0.3 is 15.0 Å². The second-order valence-electron chi connectivity index (χ2n) is 6.72. The molecule has 0 unspecified atom stereocenters. The van der Waals surface area contributed by atoms with E-state index in [2.05, 4.69) is 5.32 Å². The van der Waals surface area contributed by atoms with E-state index in [1.165, 1.54) is 11.8 Å². The molecule has 7 heteroatoms. The van der Waals surface area contributed by atoms with Crippen molar-refractivity contribution < 1.29 is 14.3 Å². The lowest BCUT2D eigenvalue weighted by Crippen LogP contribution is -2.38. The topological polar surface area (TPSA) is 58.6 Å². The van der Waals surface area contributed by atoms with Crippen LogP contribution in [0.5, 0.6) is 5.75 Å². The van der Waals surface area contributed by atoms with Gasteiger partial charge in [-0.05, 0) is 54.3 Å². The molecule has 1 saturated heterocycles.